The molecule has 0 spiro atoms. The number of amides is 2. The van der Waals surface area contributed by atoms with Gasteiger partial charge in [0, 0.05) is 13.0 Å². The molecule has 1 atom stereocenters. The van der Waals surface area contributed by atoms with Gasteiger partial charge in [-0.25, -0.2) is 0 Å². The summed E-state index contributed by atoms with van der Waals surface area (Å²) in [5, 5.41) is 14.9. The van der Waals surface area contributed by atoms with Crippen molar-refractivity contribution in [2.45, 2.75) is 168 Å². The van der Waals surface area contributed by atoms with Crippen LogP contribution in [0.15, 0.2) is 0 Å². The predicted molar refractivity (Wildman–Crippen MR) is 150 cm³/mol. The van der Waals surface area contributed by atoms with Crippen molar-refractivity contribution < 1.29 is 14.7 Å². The number of aliphatic hydroxyl groups is 1. The van der Waals surface area contributed by atoms with Crippen molar-refractivity contribution in [2.24, 2.45) is 0 Å². The molecule has 0 rings (SSSR count). The van der Waals surface area contributed by atoms with Gasteiger partial charge in [-0.15, -0.1) is 0 Å². The van der Waals surface area contributed by atoms with Gasteiger partial charge in [-0.1, -0.05) is 142 Å². The molecular formula is C30H60N2O3. The van der Waals surface area contributed by atoms with Gasteiger partial charge in [0.2, 0.25) is 11.8 Å². The van der Waals surface area contributed by atoms with Crippen LogP contribution in [0, 0.1) is 0 Å². The van der Waals surface area contributed by atoms with Gasteiger partial charge in [0.1, 0.15) is 6.04 Å². The first kappa shape index (κ1) is 33.9. The summed E-state index contributed by atoms with van der Waals surface area (Å²) in [6.07, 6.45) is 28.6. The Balaban J connectivity index is 3.44. The molecule has 0 aliphatic carbocycles. The lowest BCUT2D eigenvalue weighted by molar-refractivity contribution is -0.130. The van der Waals surface area contributed by atoms with Crippen LogP contribution in [0.2, 0.25) is 0 Å². The number of hydrogen-bond donors (Lipinski definition) is 3. The fourth-order valence-electron chi connectivity index (χ4n) is 4.53. The molecule has 35 heavy (non-hydrogen) atoms. The van der Waals surface area contributed by atoms with Crippen LogP contribution in [0.25, 0.3) is 0 Å². The molecule has 0 radical (unpaired) electrons. The van der Waals surface area contributed by atoms with Crippen molar-refractivity contribution in [1.82, 2.24) is 10.6 Å². The van der Waals surface area contributed by atoms with Crippen molar-refractivity contribution >= 4 is 11.8 Å². The van der Waals surface area contributed by atoms with E-state index in [9.17, 15) is 14.7 Å². The second kappa shape index (κ2) is 27.5. The number of carbonyl (C=O) groups is 2. The largest absolute Gasteiger partial charge is 0.394 e. The van der Waals surface area contributed by atoms with Crippen molar-refractivity contribution in [3.63, 3.8) is 0 Å². The predicted octanol–water partition coefficient (Wildman–Crippen LogP) is 7.59. The van der Waals surface area contributed by atoms with Gasteiger partial charge in [0.15, 0.2) is 0 Å². The van der Waals surface area contributed by atoms with Crippen molar-refractivity contribution in [1.29, 1.82) is 0 Å². The molecule has 0 unspecified atom stereocenters. The maximum absolute atomic E-state index is 12.1. The Hall–Kier alpha value is -1.10. The number of aliphatic hydroxyl groups excluding tert-OH is 1. The van der Waals surface area contributed by atoms with E-state index >= 15 is 0 Å². The van der Waals surface area contributed by atoms with Crippen LogP contribution in [-0.2, 0) is 9.59 Å². The molecule has 0 aliphatic rings. The van der Waals surface area contributed by atoms with Gasteiger partial charge in [-0.3, -0.25) is 9.59 Å². The molecule has 5 heteroatoms. The number of hydrogen-bond acceptors (Lipinski definition) is 3. The summed E-state index contributed by atoms with van der Waals surface area (Å²) in [5.41, 5.74) is 0. The average Bonchev–Trinajstić information content (AvgIpc) is 2.86. The minimum absolute atomic E-state index is 0.137. The molecule has 2 amide bonds. The summed E-state index contributed by atoms with van der Waals surface area (Å²) in [7, 11) is 0. The lowest BCUT2D eigenvalue weighted by atomic mass is 10.0. The normalized spacial score (nSPS) is 12.0. The fraction of sp³-hybridized carbons (Fsp3) is 0.933. The van der Waals surface area contributed by atoms with Crippen molar-refractivity contribution in [2.75, 3.05) is 13.2 Å². The molecule has 0 saturated heterocycles. The monoisotopic (exact) mass is 496 g/mol. The number of carbonyl (C=O) groups excluding carboxylic acids is 2. The van der Waals surface area contributed by atoms with E-state index in [1.165, 1.54) is 103 Å². The van der Waals surface area contributed by atoms with Crippen LogP contribution >= 0.6 is 0 Å². The number of nitrogens with one attached hydrogen (secondary N) is 2. The summed E-state index contributed by atoms with van der Waals surface area (Å²) in [5.74, 6) is -0.420. The summed E-state index contributed by atoms with van der Waals surface area (Å²) in [4.78, 5) is 24.2. The second-order valence-corrected chi connectivity index (χ2v) is 10.4. The first-order valence-electron chi connectivity index (χ1n) is 15.3. The summed E-state index contributed by atoms with van der Waals surface area (Å²) in [6, 6.07) is -0.829. The molecule has 0 aromatic rings. The standard InChI is InChI=1S/C30H60N2O3/c1-3-5-7-9-10-11-12-13-14-15-16-17-18-19-20-21-22-23-25-29(34)32-28(27-33)30(35)31-26-24-8-6-4-2/h28,33H,3-27H2,1-2H3,(H,31,35)(H,32,34)/t28-/m0/s1. The van der Waals surface area contributed by atoms with Gasteiger partial charge >= 0.3 is 0 Å². The van der Waals surface area contributed by atoms with E-state index < -0.39 is 6.04 Å². The molecule has 0 bridgehead atoms. The second-order valence-electron chi connectivity index (χ2n) is 10.4. The minimum Gasteiger partial charge on any atom is -0.394 e. The molecule has 3 N–H and O–H groups in total. The Morgan fingerprint density at radius 1 is 0.571 bits per heavy atom. The number of rotatable bonds is 27. The van der Waals surface area contributed by atoms with E-state index in [1.54, 1.807) is 0 Å². The van der Waals surface area contributed by atoms with Crippen molar-refractivity contribution in [3.8, 4) is 0 Å². The van der Waals surface area contributed by atoms with Crippen LogP contribution in [0.5, 0.6) is 0 Å². The van der Waals surface area contributed by atoms with Crippen LogP contribution in [0.1, 0.15) is 162 Å². The molecule has 208 valence electrons. The molecule has 0 saturated carbocycles. The minimum atomic E-state index is -0.829. The topological polar surface area (TPSA) is 78.4 Å². The highest BCUT2D eigenvalue weighted by atomic mass is 16.3. The Labute approximate surface area is 218 Å². The smallest absolute Gasteiger partial charge is 0.244 e. The third-order valence-corrected chi connectivity index (χ3v) is 6.92. The summed E-state index contributed by atoms with van der Waals surface area (Å²) >= 11 is 0. The van der Waals surface area contributed by atoms with E-state index in [4.69, 9.17) is 0 Å². The molecule has 0 aliphatic heterocycles. The highest BCUT2D eigenvalue weighted by Crippen LogP contribution is 2.14. The zero-order chi connectivity index (χ0) is 25.8. The SMILES string of the molecule is CCCCCCCCCCCCCCCCCCCCC(=O)N[C@@H](CO)C(=O)NCCCCCC. The lowest BCUT2D eigenvalue weighted by Crippen LogP contribution is -2.49. The Bertz CT molecular complexity index is 471. The van der Waals surface area contributed by atoms with Gasteiger partial charge < -0.3 is 15.7 Å². The average molecular weight is 497 g/mol. The lowest BCUT2D eigenvalue weighted by Gasteiger charge is -2.16. The zero-order valence-corrected chi connectivity index (χ0v) is 23.5. The summed E-state index contributed by atoms with van der Waals surface area (Å²) < 4.78 is 0. The van der Waals surface area contributed by atoms with E-state index in [1.807, 2.05) is 0 Å². The Morgan fingerprint density at radius 3 is 1.34 bits per heavy atom. The van der Waals surface area contributed by atoms with E-state index in [0.29, 0.717) is 13.0 Å². The first-order chi connectivity index (χ1) is 17.2. The summed E-state index contributed by atoms with van der Waals surface area (Å²) in [6.45, 7) is 4.67. The van der Waals surface area contributed by atoms with Crippen LogP contribution in [0.3, 0.4) is 0 Å². The molecule has 0 heterocycles. The highest BCUT2D eigenvalue weighted by molar-refractivity contribution is 5.87. The highest BCUT2D eigenvalue weighted by Gasteiger charge is 2.18. The molecule has 0 aromatic heterocycles. The maximum Gasteiger partial charge on any atom is 0.244 e. The molecule has 0 fully saturated rings. The van der Waals surface area contributed by atoms with Crippen LogP contribution in [0.4, 0.5) is 0 Å². The quantitative estimate of drug-likeness (QED) is 0.102. The van der Waals surface area contributed by atoms with Crippen LogP contribution in [-0.4, -0.2) is 36.1 Å². The number of unbranched alkanes of at least 4 members (excludes halogenated alkanes) is 20. The van der Waals surface area contributed by atoms with Gasteiger partial charge in [0.05, 0.1) is 6.61 Å². The van der Waals surface area contributed by atoms with E-state index in [0.717, 1.165) is 38.5 Å². The van der Waals surface area contributed by atoms with E-state index in [2.05, 4.69) is 24.5 Å². The Kier molecular flexibility index (Phi) is 26.6. The van der Waals surface area contributed by atoms with Crippen molar-refractivity contribution in [3.05, 3.63) is 0 Å². The zero-order valence-electron chi connectivity index (χ0n) is 23.5. The fourth-order valence-corrected chi connectivity index (χ4v) is 4.53. The first-order valence-corrected chi connectivity index (χ1v) is 15.3. The maximum atomic E-state index is 12.1. The van der Waals surface area contributed by atoms with Gasteiger partial charge in [-0.2, -0.15) is 0 Å². The van der Waals surface area contributed by atoms with Crippen LogP contribution < -0.4 is 10.6 Å². The Morgan fingerprint density at radius 2 is 0.943 bits per heavy atom. The third kappa shape index (κ3) is 24.4. The van der Waals surface area contributed by atoms with Gasteiger partial charge in [-0.05, 0) is 12.8 Å². The molecule has 5 nitrogen and oxygen atoms in total. The molecular weight excluding hydrogens is 436 g/mol. The van der Waals surface area contributed by atoms with E-state index in [-0.39, 0.29) is 18.4 Å². The van der Waals surface area contributed by atoms with Gasteiger partial charge in [0.25, 0.3) is 0 Å². The third-order valence-electron chi connectivity index (χ3n) is 6.92. The molecule has 0 aromatic carbocycles.